The van der Waals surface area contributed by atoms with Crippen molar-refractivity contribution in [2.45, 2.75) is 24.8 Å². The lowest BCUT2D eigenvalue weighted by molar-refractivity contribution is -0.121. The zero-order chi connectivity index (χ0) is 19.3. The number of rotatable bonds is 7. The second-order valence-corrected chi connectivity index (χ2v) is 9.02. The third-order valence-electron chi connectivity index (χ3n) is 3.87. The van der Waals surface area contributed by atoms with Crippen LogP contribution < -0.4 is 5.32 Å². The summed E-state index contributed by atoms with van der Waals surface area (Å²) in [5.41, 5.74) is 0.935. The van der Waals surface area contributed by atoms with Gasteiger partial charge in [0.15, 0.2) is 0 Å². The Bertz CT molecular complexity index is 855. The average Bonchev–Trinajstić information content (AvgIpc) is 2.60. The number of benzene rings is 2. The van der Waals surface area contributed by atoms with Crippen LogP contribution in [0.5, 0.6) is 0 Å². The van der Waals surface area contributed by atoms with Crippen molar-refractivity contribution in [3.63, 3.8) is 0 Å². The zero-order valence-corrected chi connectivity index (χ0v) is 17.6. The van der Waals surface area contributed by atoms with Gasteiger partial charge < -0.3 is 5.32 Å². The number of likely N-dealkylation sites (N-methyl/N-ethyl adjacent to an activating group) is 1. The molecule has 2 aromatic rings. The first-order valence-electron chi connectivity index (χ1n) is 8.04. The molecule has 0 fully saturated rings. The van der Waals surface area contributed by atoms with E-state index in [-0.39, 0.29) is 29.9 Å². The molecule has 0 aromatic heterocycles. The lowest BCUT2D eigenvalue weighted by Gasteiger charge is -2.22. The highest BCUT2D eigenvalue weighted by molar-refractivity contribution is 9.10. The fourth-order valence-electron chi connectivity index (χ4n) is 2.40. The molecular formula is C18H20BrClN2O3S. The summed E-state index contributed by atoms with van der Waals surface area (Å²) in [6.45, 7) is 3.48. The molecule has 0 aliphatic heterocycles. The molecule has 1 atom stereocenters. The van der Waals surface area contributed by atoms with Crippen molar-refractivity contribution in [3.05, 3.63) is 63.6 Å². The van der Waals surface area contributed by atoms with E-state index in [1.807, 2.05) is 31.2 Å². The molecule has 0 saturated carbocycles. The highest BCUT2D eigenvalue weighted by atomic mass is 79.9. The van der Waals surface area contributed by atoms with Gasteiger partial charge in [-0.25, -0.2) is 8.42 Å². The van der Waals surface area contributed by atoms with Crippen molar-refractivity contribution in [2.24, 2.45) is 0 Å². The zero-order valence-electron chi connectivity index (χ0n) is 14.4. The van der Waals surface area contributed by atoms with Crippen molar-refractivity contribution in [1.29, 1.82) is 0 Å². The van der Waals surface area contributed by atoms with Gasteiger partial charge in [-0.2, -0.15) is 4.31 Å². The van der Waals surface area contributed by atoms with Crippen molar-refractivity contribution in [3.8, 4) is 0 Å². The summed E-state index contributed by atoms with van der Waals surface area (Å²) < 4.78 is 27.5. The fraction of sp³-hybridized carbons (Fsp3) is 0.278. The summed E-state index contributed by atoms with van der Waals surface area (Å²) in [4.78, 5) is 12.5. The molecule has 0 aliphatic carbocycles. The second kappa shape index (κ2) is 8.99. The summed E-state index contributed by atoms with van der Waals surface area (Å²) in [5, 5.41) is 3.28. The summed E-state index contributed by atoms with van der Waals surface area (Å²) in [7, 11) is -3.76. The molecule has 5 nitrogen and oxygen atoms in total. The molecule has 1 unspecified atom stereocenters. The molecule has 1 N–H and O–H groups in total. The van der Waals surface area contributed by atoms with E-state index in [0.717, 1.165) is 14.3 Å². The number of nitrogens with one attached hydrogen (secondary N) is 1. The molecular weight excluding hydrogens is 440 g/mol. The lowest BCUT2D eigenvalue weighted by Crippen LogP contribution is -2.41. The minimum absolute atomic E-state index is 0.109. The summed E-state index contributed by atoms with van der Waals surface area (Å²) in [6.07, 6.45) is 0. The van der Waals surface area contributed by atoms with Gasteiger partial charge in [-0.15, -0.1) is 0 Å². The van der Waals surface area contributed by atoms with Crippen molar-refractivity contribution in [1.82, 2.24) is 9.62 Å². The first-order chi connectivity index (χ1) is 12.2. The normalized spacial score (nSPS) is 12.8. The van der Waals surface area contributed by atoms with Crippen molar-refractivity contribution in [2.75, 3.05) is 13.1 Å². The van der Waals surface area contributed by atoms with E-state index in [0.29, 0.717) is 5.02 Å². The van der Waals surface area contributed by atoms with Crippen LogP contribution in [0.1, 0.15) is 25.5 Å². The van der Waals surface area contributed by atoms with E-state index < -0.39 is 10.0 Å². The van der Waals surface area contributed by atoms with Crippen LogP contribution in [0.4, 0.5) is 0 Å². The van der Waals surface area contributed by atoms with Crippen LogP contribution in [0, 0.1) is 0 Å². The number of amides is 1. The third kappa shape index (κ3) is 5.30. The van der Waals surface area contributed by atoms with Gasteiger partial charge in [0.2, 0.25) is 15.9 Å². The number of halogens is 2. The quantitative estimate of drug-likeness (QED) is 0.681. The van der Waals surface area contributed by atoms with Crippen LogP contribution in [0.25, 0.3) is 0 Å². The fourth-order valence-corrected chi connectivity index (χ4v) is 4.20. The molecule has 0 aliphatic rings. The van der Waals surface area contributed by atoms with Crippen LogP contribution in [-0.4, -0.2) is 31.7 Å². The Hall–Kier alpha value is -1.41. The van der Waals surface area contributed by atoms with Crippen LogP contribution in [0.15, 0.2) is 57.9 Å². The molecule has 26 heavy (non-hydrogen) atoms. The number of nitrogens with zero attached hydrogens (tertiary/aromatic N) is 1. The predicted octanol–water partition coefficient (Wildman–Crippen LogP) is 3.99. The minimum Gasteiger partial charge on any atom is -0.348 e. The van der Waals surface area contributed by atoms with Gasteiger partial charge in [-0.05, 0) is 48.9 Å². The van der Waals surface area contributed by atoms with Crippen LogP contribution in [0.3, 0.4) is 0 Å². The maximum absolute atomic E-state index is 12.7. The van der Waals surface area contributed by atoms with E-state index in [4.69, 9.17) is 11.6 Å². The highest BCUT2D eigenvalue weighted by Gasteiger charge is 2.25. The minimum atomic E-state index is -3.76. The Morgan fingerprint density at radius 3 is 2.27 bits per heavy atom. The third-order valence-corrected chi connectivity index (χ3v) is 6.59. The average molecular weight is 460 g/mol. The van der Waals surface area contributed by atoms with Gasteiger partial charge >= 0.3 is 0 Å². The van der Waals surface area contributed by atoms with E-state index in [1.165, 1.54) is 24.3 Å². The Morgan fingerprint density at radius 2 is 1.73 bits per heavy atom. The summed E-state index contributed by atoms with van der Waals surface area (Å²) in [6, 6.07) is 13.2. The molecule has 140 valence electrons. The van der Waals surface area contributed by atoms with E-state index in [2.05, 4.69) is 21.2 Å². The predicted molar refractivity (Wildman–Crippen MR) is 107 cm³/mol. The maximum atomic E-state index is 12.7. The molecule has 0 radical (unpaired) electrons. The smallest absolute Gasteiger partial charge is 0.243 e. The molecule has 8 heteroatoms. The molecule has 2 aromatic carbocycles. The van der Waals surface area contributed by atoms with E-state index in [9.17, 15) is 13.2 Å². The van der Waals surface area contributed by atoms with Crippen LogP contribution in [0.2, 0.25) is 5.02 Å². The topological polar surface area (TPSA) is 66.5 Å². The second-order valence-electron chi connectivity index (χ2n) is 5.73. The van der Waals surface area contributed by atoms with Gasteiger partial charge in [0.1, 0.15) is 0 Å². The number of carbonyl (C=O) groups excluding carboxylic acids is 1. The molecule has 1 amide bonds. The number of hydrogen-bond acceptors (Lipinski definition) is 3. The first kappa shape index (κ1) is 20.9. The molecule has 0 saturated heterocycles. The Kier molecular flexibility index (Phi) is 7.23. The van der Waals surface area contributed by atoms with Crippen molar-refractivity contribution >= 4 is 43.5 Å². The van der Waals surface area contributed by atoms with Gasteiger partial charge in [-0.3, -0.25) is 4.79 Å². The van der Waals surface area contributed by atoms with E-state index in [1.54, 1.807) is 6.92 Å². The first-order valence-corrected chi connectivity index (χ1v) is 10.7. The number of hydrogen-bond donors (Lipinski definition) is 1. The monoisotopic (exact) mass is 458 g/mol. The van der Waals surface area contributed by atoms with Crippen LogP contribution >= 0.6 is 27.5 Å². The molecule has 0 heterocycles. The Labute approximate surface area is 167 Å². The van der Waals surface area contributed by atoms with Crippen LogP contribution in [-0.2, 0) is 14.8 Å². The maximum Gasteiger partial charge on any atom is 0.243 e. The Morgan fingerprint density at radius 1 is 1.15 bits per heavy atom. The molecule has 0 bridgehead atoms. The standard InChI is InChI=1S/C18H20BrClN2O3S/c1-3-22(26(24,25)17-10-8-16(20)9-11-17)12-18(23)21-13(2)14-4-6-15(19)7-5-14/h4-11,13H,3,12H2,1-2H3,(H,21,23). The van der Waals surface area contributed by atoms with Gasteiger partial charge in [0.25, 0.3) is 0 Å². The van der Waals surface area contributed by atoms with Gasteiger partial charge in [0, 0.05) is 16.0 Å². The SMILES string of the molecule is CCN(CC(=O)NC(C)c1ccc(Br)cc1)S(=O)(=O)c1ccc(Cl)cc1. The molecule has 2 rings (SSSR count). The largest absolute Gasteiger partial charge is 0.348 e. The summed E-state index contributed by atoms with van der Waals surface area (Å²) >= 11 is 9.18. The highest BCUT2D eigenvalue weighted by Crippen LogP contribution is 2.19. The molecule has 0 spiro atoms. The number of sulfonamides is 1. The van der Waals surface area contributed by atoms with Gasteiger partial charge in [0.05, 0.1) is 17.5 Å². The van der Waals surface area contributed by atoms with E-state index >= 15 is 0 Å². The number of carbonyl (C=O) groups is 1. The van der Waals surface area contributed by atoms with Gasteiger partial charge in [-0.1, -0.05) is 46.6 Å². The summed E-state index contributed by atoms with van der Waals surface area (Å²) in [5.74, 6) is -0.361. The van der Waals surface area contributed by atoms with Crippen molar-refractivity contribution < 1.29 is 13.2 Å². The Balaban J connectivity index is 2.07. The lowest BCUT2D eigenvalue weighted by atomic mass is 10.1.